The summed E-state index contributed by atoms with van der Waals surface area (Å²) in [5.41, 5.74) is 1.05. The number of rotatable bonds is 7. The largest absolute Gasteiger partial charge is 0.414 e. The fraction of sp³-hybridized carbons (Fsp3) is 0.706. The maximum Gasteiger partial charge on any atom is 0.168 e. The van der Waals surface area contributed by atoms with Crippen LogP contribution in [0.3, 0.4) is 0 Å². The summed E-state index contributed by atoms with van der Waals surface area (Å²) in [6, 6.07) is 2.15. The highest BCUT2D eigenvalue weighted by atomic mass is 32.1. The first-order chi connectivity index (χ1) is 9.53. The first-order valence-corrected chi connectivity index (χ1v) is 9.93. The summed E-state index contributed by atoms with van der Waals surface area (Å²) in [5.74, 6) is 0.472. The molecule has 2 nitrogen and oxygen atoms in total. The van der Waals surface area contributed by atoms with Gasteiger partial charge in [-0.2, -0.15) is 0 Å². The molecule has 0 saturated carbocycles. The molecule has 0 spiro atoms. The Morgan fingerprint density at radius 3 is 2.43 bits per heavy atom. The maximum atomic E-state index is 11.8. The molecule has 1 heterocycles. The standard InChI is InChI=1S/C17H30O2SSi/c1-12(2)14(18)9-8-13-10-11-20-15(13)17(6,7)19-21-16(3,4)5/h10-12H,8-9,21H2,1-7H3. The topological polar surface area (TPSA) is 26.3 Å². The molecule has 1 aromatic heterocycles. The van der Waals surface area contributed by atoms with Gasteiger partial charge in [0.15, 0.2) is 9.76 Å². The second kappa shape index (κ2) is 7.21. The van der Waals surface area contributed by atoms with Crippen molar-refractivity contribution in [3.8, 4) is 0 Å². The van der Waals surface area contributed by atoms with Crippen molar-refractivity contribution in [2.45, 2.75) is 71.9 Å². The van der Waals surface area contributed by atoms with Gasteiger partial charge in [-0.3, -0.25) is 4.79 Å². The Hall–Kier alpha value is -0.453. The number of hydrogen-bond donors (Lipinski definition) is 0. The summed E-state index contributed by atoms with van der Waals surface area (Å²) in [4.78, 5) is 13.1. The second-order valence-corrected chi connectivity index (χ2v) is 11.4. The molecule has 0 aromatic carbocycles. The molecule has 0 aliphatic heterocycles. The molecule has 0 aliphatic carbocycles. The fourth-order valence-electron chi connectivity index (χ4n) is 2.07. The summed E-state index contributed by atoms with van der Waals surface area (Å²) in [7, 11) is -0.596. The van der Waals surface area contributed by atoms with E-state index in [1.807, 2.05) is 13.8 Å². The van der Waals surface area contributed by atoms with Crippen molar-refractivity contribution in [3.63, 3.8) is 0 Å². The van der Waals surface area contributed by atoms with E-state index in [-0.39, 0.29) is 11.5 Å². The first-order valence-electron chi connectivity index (χ1n) is 7.76. The molecule has 0 saturated heterocycles. The third kappa shape index (κ3) is 6.05. The minimum absolute atomic E-state index is 0.129. The second-order valence-electron chi connectivity index (χ2n) is 7.76. The molecule has 0 unspecified atom stereocenters. The quantitative estimate of drug-likeness (QED) is 0.692. The van der Waals surface area contributed by atoms with E-state index in [1.54, 1.807) is 11.3 Å². The van der Waals surface area contributed by atoms with Crippen LogP contribution in [0, 0.1) is 5.92 Å². The van der Waals surface area contributed by atoms with Gasteiger partial charge in [0, 0.05) is 17.2 Å². The average Bonchev–Trinajstić information content (AvgIpc) is 2.81. The highest BCUT2D eigenvalue weighted by Gasteiger charge is 2.28. The van der Waals surface area contributed by atoms with Crippen LogP contribution in [0.25, 0.3) is 0 Å². The van der Waals surface area contributed by atoms with Gasteiger partial charge in [0.2, 0.25) is 0 Å². The predicted molar refractivity (Wildman–Crippen MR) is 94.9 cm³/mol. The van der Waals surface area contributed by atoms with Crippen molar-refractivity contribution in [2.24, 2.45) is 5.92 Å². The minimum Gasteiger partial charge on any atom is -0.414 e. The molecule has 21 heavy (non-hydrogen) atoms. The van der Waals surface area contributed by atoms with E-state index >= 15 is 0 Å². The molecule has 0 radical (unpaired) electrons. The van der Waals surface area contributed by atoms with Gasteiger partial charge >= 0.3 is 0 Å². The van der Waals surface area contributed by atoms with Crippen LogP contribution < -0.4 is 0 Å². The van der Waals surface area contributed by atoms with Crippen molar-refractivity contribution in [1.29, 1.82) is 0 Å². The van der Waals surface area contributed by atoms with Crippen molar-refractivity contribution in [2.75, 3.05) is 0 Å². The van der Waals surface area contributed by atoms with Crippen LogP contribution in [0.2, 0.25) is 5.04 Å². The number of Topliss-reactive ketones (excluding diaryl/α,β-unsaturated/α-hetero) is 1. The van der Waals surface area contributed by atoms with Gasteiger partial charge in [-0.25, -0.2) is 0 Å². The highest BCUT2D eigenvalue weighted by molar-refractivity contribution is 7.10. The van der Waals surface area contributed by atoms with Crippen LogP contribution in [-0.4, -0.2) is 15.5 Å². The number of ketones is 1. The van der Waals surface area contributed by atoms with Crippen molar-refractivity contribution in [3.05, 3.63) is 21.9 Å². The van der Waals surface area contributed by atoms with Crippen LogP contribution >= 0.6 is 11.3 Å². The lowest BCUT2D eigenvalue weighted by Crippen LogP contribution is -2.27. The van der Waals surface area contributed by atoms with E-state index in [9.17, 15) is 4.79 Å². The summed E-state index contributed by atoms with van der Waals surface area (Å²) in [6.07, 6.45) is 1.47. The molecule has 0 fully saturated rings. The van der Waals surface area contributed by atoms with Crippen LogP contribution in [0.5, 0.6) is 0 Å². The Balaban J connectivity index is 2.75. The smallest absolute Gasteiger partial charge is 0.168 e. The van der Waals surface area contributed by atoms with E-state index in [0.717, 1.165) is 6.42 Å². The molecular weight excluding hydrogens is 296 g/mol. The molecule has 1 rings (SSSR count). The third-order valence-electron chi connectivity index (χ3n) is 3.44. The van der Waals surface area contributed by atoms with Crippen molar-refractivity contribution in [1.82, 2.24) is 0 Å². The summed E-state index contributed by atoms with van der Waals surface area (Å²) in [6.45, 7) is 15.0. The predicted octanol–water partition coefficient (Wildman–Crippen LogP) is 4.46. The summed E-state index contributed by atoms with van der Waals surface area (Å²) >= 11 is 1.75. The number of hydrogen-bond acceptors (Lipinski definition) is 3. The Kier molecular flexibility index (Phi) is 6.38. The number of aryl methyl sites for hydroxylation is 1. The maximum absolute atomic E-state index is 11.8. The number of carbonyl (C=O) groups excluding carboxylic acids is 1. The molecule has 0 amide bonds. The van der Waals surface area contributed by atoms with Gasteiger partial charge in [-0.1, -0.05) is 34.6 Å². The zero-order chi connectivity index (χ0) is 16.3. The van der Waals surface area contributed by atoms with Crippen molar-refractivity contribution < 1.29 is 9.22 Å². The summed E-state index contributed by atoms with van der Waals surface area (Å²) < 4.78 is 6.30. The summed E-state index contributed by atoms with van der Waals surface area (Å²) in [5, 5.41) is 2.41. The molecule has 0 aliphatic rings. The van der Waals surface area contributed by atoms with Gasteiger partial charge in [-0.15, -0.1) is 11.3 Å². The Morgan fingerprint density at radius 2 is 1.90 bits per heavy atom. The molecule has 0 N–H and O–H groups in total. The van der Waals surface area contributed by atoms with Gasteiger partial charge < -0.3 is 4.43 Å². The number of thiophene rings is 1. The van der Waals surface area contributed by atoms with Crippen molar-refractivity contribution >= 4 is 26.9 Å². The molecule has 0 atom stereocenters. The Bertz CT molecular complexity index is 469. The minimum atomic E-state index is -0.596. The monoisotopic (exact) mass is 326 g/mol. The average molecular weight is 327 g/mol. The Labute approximate surface area is 136 Å². The lowest BCUT2D eigenvalue weighted by molar-refractivity contribution is -0.121. The van der Waals surface area contributed by atoms with Crippen LogP contribution in [0.1, 0.15) is 65.3 Å². The van der Waals surface area contributed by atoms with Gasteiger partial charge in [-0.05, 0) is 42.3 Å². The molecule has 120 valence electrons. The normalized spacial score (nSPS) is 13.5. The Morgan fingerprint density at radius 1 is 1.29 bits per heavy atom. The molecule has 0 bridgehead atoms. The first kappa shape index (κ1) is 18.6. The van der Waals surface area contributed by atoms with Gasteiger partial charge in [0.1, 0.15) is 5.78 Å². The van der Waals surface area contributed by atoms with Gasteiger partial charge in [0.25, 0.3) is 0 Å². The van der Waals surface area contributed by atoms with E-state index in [4.69, 9.17) is 4.43 Å². The van der Waals surface area contributed by atoms with E-state index in [1.165, 1.54) is 10.4 Å². The zero-order valence-electron chi connectivity index (χ0n) is 14.6. The van der Waals surface area contributed by atoms with E-state index < -0.39 is 9.76 Å². The zero-order valence-corrected chi connectivity index (χ0v) is 16.8. The van der Waals surface area contributed by atoms with Crippen LogP contribution in [-0.2, 0) is 21.2 Å². The van der Waals surface area contributed by atoms with E-state index in [2.05, 4.69) is 46.1 Å². The molecule has 4 heteroatoms. The fourth-order valence-corrected chi connectivity index (χ4v) is 4.15. The van der Waals surface area contributed by atoms with Crippen LogP contribution in [0.15, 0.2) is 11.4 Å². The van der Waals surface area contributed by atoms with E-state index in [0.29, 0.717) is 17.2 Å². The molecule has 1 aromatic rings. The van der Waals surface area contributed by atoms with Gasteiger partial charge in [0.05, 0.1) is 5.60 Å². The molecular formula is C17H30O2SSi. The third-order valence-corrected chi connectivity index (χ3v) is 6.44. The lowest BCUT2D eigenvalue weighted by atomic mass is 9.97. The van der Waals surface area contributed by atoms with Crippen LogP contribution in [0.4, 0.5) is 0 Å². The highest BCUT2D eigenvalue weighted by Crippen LogP contribution is 2.35. The number of carbonyl (C=O) groups is 1. The SMILES string of the molecule is CC(C)C(=O)CCc1ccsc1C(C)(C)O[SiH2]C(C)(C)C. The lowest BCUT2D eigenvalue weighted by Gasteiger charge is -2.30.